The Morgan fingerprint density at radius 2 is 1.90 bits per heavy atom. The molecule has 31 heavy (non-hydrogen) atoms. The van der Waals surface area contributed by atoms with Crippen molar-refractivity contribution in [3.63, 3.8) is 0 Å². The second-order valence-corrected chi connectivity index (χ2v) is 7.61. The summed E-state index contributed by atoms with van der Waals surface area (Å²) >= 11 is 1.43. The molecule has 8 nitrogen and oxygen atoms in total. The summed E-state index contributed by atoms with van der Waals surface area (Å²) < 4.78 is 12.9. The Morgan fingerprint density at radius 1 is 1.13 bits per heavy atom. The maximum Gasteiger partial charge on any atom is 0.255 e. The van der Waals surface area contributed by atoms with Crippen molar-refractivity contribution in [3.05, 3.63) is 65.4 Å². The molecule has 0 fully saturated rings. The fraction of sp³-hybridized carbons (Fsp3) is 0.227. The van der Waals surface area contributed by atoms with Crippen LogP contribution in [-0.4, -0.2) is 41.1 Å². The lowest BCUT2D eigenvalue weighted by Crippen LogP contribution is -2.31. The molecule has 1 atom stereocenters. The number of methoxy groups -OCH3 is 2. The fourth-order valence-corrected chi connectivity index (χ4v) is 3.99. The molecule has 0 saturated heterocycles. The van der Waals surface area contributed by atoms with Crippen molar-refractivity contribution in [1.29, 1.82) is 0 Å². The highest BCUT2D eigenvalue weighted by molar-refractivity contribution is 7.98. The highest BCUT2D eigenvalue weighted by Crippen LogP contribution is 2.43. The SMILES string of the molecule is COc1cccc(C2C(C(=O)Nc3ccccc3)=C(C)Nc3nc(SC)nn32)c1OC. The molecule has 0 aliphatic carbocycles. The molecule has 0 spiro atoms. The number of ether oxygens (including phenoxy) is 2. The van der Waals surface area contributed by atoms with Crippen LogP contribution in [0.15, 0.2) is 65.0 Å². The van der Waals surface area contributed by atoms with Gasteiger partial charge in [0.15, 0.2) is 11.5 Å². The van der Waals surface area contributed by atoms with E-state index in [1.807, 2.05) is 61.7 Å². The van der Waals surface area contributed by atoms with E-state index in [-0.39, 0.29) is 5.91 Å². The normalized spacial score (nSPS) is 15.2. The van der Waals surface area contributed by atoms with Gasteiger partial charge < -0.3 is 20.1 Å². The maximum atomic E-state index is 13.5. The highest BCUT2D eigenvalue weighted by atomic mass is 32.2. The number of nitrogens with one attached hydrogen (secondary N) is 2. The first-order valence-electron chi connectivity index (χ1n) is 9.63. The van der Waals surface area contributed by atoms with Crippen LogP contribution in [0, 0.1) is 0 Å². The monoisotopic (exact) mass is 437 g/mol. The van der Waals surface area contributed by atoms with Gasteiger partial charge in [0.25, 0.3) is 5.91 Å². The van der Waals surface area contributed by atoms with E-state index >= 15 is 0 Å². The lowest BCUT2D eigenvalue weighted by molar-refractivity contribution is -0.113. The van der Waals surface area contributed by atoms with E-state index in [0.717, 1.165) is 5.56 Å². The summed E-state index contributed by atoms with van der Waals surface area (Å²) in [5.74, 6) is 1.44. The van der Waals surface area contributed by atoms with Crippen LogP contribution in [0.25, 0.3) is 0 Å². The van der Waals surface area contributed by atoms with Gasteiger partial charge in [0, 0.05) is 16.9 Å². The molecule has 0 bridgehead atoms. The smallest absolute Gasteiger partial charge is 0.255 e. The molecule has 1 amide bonds. The van der Waals surface area contributed by atoms with E-state index < -0.39 is 6.04 Å². The molecule has 9 heteroatoms. The Labute approximate surface area is 184 Å². The zero-order valence-electron chi connectivity index (χ0n) is 17.7. The zero-order valence-corrected chi connectivity index (χ0v) is 18.5. The van der Waals surface area contributed by atoms with Gasteiger partial charge in [0.2, 0.25) is 11.1 Å². The summed E-state index contributed by atoms with van der Waals surface area (Å²) in [7, 11) is 3.17. The maximum absolute atomic E-state index is 13.5. The first kappa shape index (κ1) is 20.8. The largest absolute Gasteiger partial charge is 0.493 e. The summed E-state index contributed by atoms with van der Waals surface area (Å²) in [6.07, 6.45) is 1.91. The van der Waals surface area contributed by atoms with Crippen molar-refractivity contribution in [2.75, 3.05) is 31.1 Å². The molecule has 1 aromatic heterocycles. The van der Waals surface area contributed by atoms with Crippen molar-refractivity contribution < 1.29 is 14.3 Å². The third kappa shape index (κ3) is 3.84. The van der Waals surface area contributed by atoms with Crippen molar-refractivity contribution in [3.8, 4) is 11.5 Å². The van der Waals surface area contributed by atoms with Crippen LogP contribution < -0.4 is 20.1 Å². The second kappa shape index (κ2) is 8.73. The van der Waals surface area contributed by atoms with E-state index in [1.165, 1.54) is 11.8 Å². The molecule has 1 aliphatic rings. The summed E-state index contributed by atoms with van der Waals surface area (Å²) in [6, 6.07) is 14.4. The van der Waals surface area contributed by atoms with E-state index in [1.54, 1.807) is 18.9 Å². The molecule has 2 aromatic carbocycles. The predicted molar refractivity (Wildman–Crippen MR) is 121 cm³/mol. The number of amides is 1. The number of hydrogen-bond acceptors (Lipinski definition) is 7. The van der Waals surface area contributed by atoms with E-state index in [2.05, 4.69) is 20.7 Å². The number of aromatic nitrogens is 3. The van der Waals surface area contributed by atoms with Crippen LogP contribution in [0.4, 0.5) is 11.6 Å². The van der Waals surface area contributed by atoms with Crippen molar-refractivity contribution in [2.45, 2.75) is 18.1 Å². The van der Waals surface area contributed by atoms with Crippen LogP contribution in [0.5, 0.6) is 11.5 Å². The molecule has 0 saturated carbocycles. The first-order chi connectivity index (χ1) is 15.1. The van der Waals surface area contributed by atoms with Gasteiger partial charge in [0.05, 0.1) is 19.8 Å². The van der Waals surface area contributed by atoms with E-state index in [0.29, 0.717) is 39.6 Å². The van der Waals surface area contributed by atoms with Crippen molar-refractivity contribution in [2.24, 2.45) is 0 Å². The van der Waals surface area contributed by atoms with Crippen LogP contribution in [0.3, 0.4) is 0 Å². The zero-order chi connectivity index (χ0) is 22.0. The standard InChI is InChI=1S/C22H23N5O3S/c1-13-17(20(28)24-14-9-6-5-7-10-14)18(27-21(23-13)25-22(26-27)31-4)15-11-8-12-16(29-2)19(15)30-3/h5-12,18H,1-4H3,(H,24,28)(H,23,25,26). The Hall–Kier alpha value is -3.46. The minimum absolute atomic E-state index is 0.238. The molecule has 4 rings (SSSR count). The number of carbonyl (C=O) groups is 1. The molecule has 0 radical (unpaired) electrons. The van der Waals surface area contributed by atoms with Crippen molar-refractivity contribution in [1.82, 2.24) is 14.8 Å². The number of anilines is 2. The number of nitrogens with zero attached hydrogens (tertiary/aromatic N) is 3. The Morgan fingerprint density at radius 3 is 2.58 bits per heavy atom. The quantitative estimate of drug-likeness (QED) is 0.565. The fourth-order valence-electron chi connectivity index (χ4n) is 3.65. The number of thioether (sulfide) groups is 1. The molecular formula is C22H23N5O3S. The molecular weight excluding hydrogens is 414 g/mol. The Bertz CT molecular complexity index is 1140. The van der Waals surface area contributed by atoms with Gasteiger partial charge in [0.1, 0.15) is 6.04 Å². The van der Waals surface area contributed by atoms with Crippen molar-refractivity contribution >= 4 is 29.3 Å². The van der Waals surface area contributed by atoms with Crippen LogP contribution >= 0.6 is 11.8 Å². The lowest BCUT2D eigenvalue weighted by Gasteiger charge is -2.29. The molecule has 1 unspecified atom stereocenters. The first-order valence-corrected chi connectivity index (χ1v) is 10.9. The summed E-state index contributed by atoms with van der Waals surface area (Å²) in [6.45, 7) is 1.86. The molecule has 160 valence electrons. The van der Waals surface area contributed by atoms with Gasteiger partial charge in [-0.25, -0.2) is 4.68 Å². The average molecular weight is 438 g/mol. The molecule has 3 aromatic rings. The Kier molecular flexibility index (Phi) is 5.85. The third-order valence-corrected chi connectivity index (χ3v) is 5.56. The van der Waals surface area contributed by atoms with Crippen LogP contribution in [-0.2, 0) is 4.79 Å². The number of benzene rings is 2. The summed E-state index contributed by atoms with van der Waals surface area (Å²) in [4.78, 5) is 18.0. The second-order valence-electron chi connectivity index (χ2n) is 6.84. The molecule has 2 N–H and O–H groups in total. The molecule has 2 heterocycles. The van der Waals surface area contributed by atoms with Gasteiger partial charge in [-0.1, -0.05) is 42.1 Å². The topological polar surface area (TPSA) is 90.3 Å². The van der Waals surface area contributed by atoms with E-state index in [9.17, 15) is 4.79 Å². The predicted octanol–water partition coefficient (Wildman–Crippen LogP) is 3.94. The van der Waals surface area contributed by atoms with Gasteiger partial charge in [-0.15, -0.1) is 5.10 Å². The van der Waals surface area contributed by atoms with Gasteiger partial charge >= 0.3 is 0 Å². The average Bonchev–Trinajstić information content (AvgIpc) is 3.20. The number of carbonyl (C=O) groups excluding carboxylic acids is 1. The van der Waals surface area contributed by atoms with Crippen LogP contribution in [0.1, 0.15) is 18.5 Å². The number of fused-ring (bicyclic) bond motifs is 1. The summed E-state index contributed by atoms with van der Waals surface area (Å²) in [5, 5.41) is 11.4. The van der Waals surface area contributed by atoms with E-state index in [4.69, 9.17) is 9.47 Å². The Balaban J connectivity index is 1.87. The van der Waals surface area contributed by atoms with Crippen LogP contribution in [0.2, 0.25) is 0 Å². The van der Waals surface area contributed by atoms with Gasteiger partial charge in [-0.3, -0.25) is 4.79 Å². The minimum atomic E-state index is -0.557. The summed E-state index contributed by atoms with van der Waals surface area (Å²) in [5.41, 5.74) is 2.66. The number of hydrogen-bond donors (Lipinski definition) is 2. The number of para-hydroxylation sites is 2. The minimum Gasteiger partial charge on any atom is -0.493 e. The van der Waals surface area contributed by atoms with Gasteiger partial charge in [-0.2, -0.15) is 4.98 Å². The number of rotatable bonds is 6. The number of allylic oxidation sites excluding steroid dienone is 1. The third-order valence-electron chi connectivity index (χ3n) is 5.02. The molecule has 1 aliphatic heterocycles. The lowest BCUT2D eigenvalue weighted by atomic mass is 9.94. The van der Waals surface area contributed by atoms with Gasteiger partial charge in [-0.05, 0) is 31.4 Å². The highest BCUT2D eigenvalue weighted by Gasteiger charge is 2.36.